The van der Waals surface area contributed by atoms with Crippen LogP contribution in [0.1, 0.15) is 44.0 Å². The number of oxazole rings is 1. The molecule has 1 atom stereocenters. The van der Waals surface area contributed by atoms with Gasteiger partial charge in [0.25, 0.3) is 0 Å². The van der Waals surface area contributed by atoms with Crippen LogP contribution in [0.3, 0.4) is 0 Å². The number of carbonyl (C=O) groups excluding carboxylic acids is 1. The quantitative estimate of drug-likeness (QED) is 0.927. The predicted octanol–water partition coefficient (Wildman–Crippen LogP) is 3.15. The zero-order valence-electron chi connectivity index (χ0n) is 15.0. The first-order valence-electron chi connectivity index (χ1n) is 8.61. The largest absolute Gasteiger partial charge is 0.444 e. The molecule has 1 N–H and O–H groups in total. The third kappa shape index (κ3) is 4.60. The van der Waals surface area contributed by atoms with E-state index in [9.17, 15) is 4.79 Å². The van der Waals surface area contributed by atoms with Gasteiger partial charge in [-0.2, -0.15) is 0 Å². The van der Waals surface area contributed by atoms with Crippen molar-refractivity contribution in [3.63, 3.8) is 0 Å². The highest BCUT2D eigenvalue weighted by Crippen LogP contribution is 2.25. The van der Waals surface area contributed by atoms with Crippen molar-refractivity contribution < 1.29 is 13.9 Å². The van der Waals surface area contributed by atoms with Gasteiger partial charge in [-0.25, -0.2) is 9.78 Å². The number of benzene rings is 1. The van der Waals surface area contributed by atoms with Crippen molar-refractivity contribution in [2.45, 2.75) is 38.8 Å². The first-order chi connectivity index (χ1) is 11.9. The number of hydrogen-bond acceptors (Lipinski definition) is 5. The van der Waals surface area contributed by atoms with Gasteiger partial charge >= 0.3 is 6.09 Å². The van der Waals surface area contributed by atoms with E-state index in [-0.39, 0.29) is 12.1 Å². The van der Waals surface area contributed by atoms with Crippen molar-refractivity contribution in [3.05, 3.63) is 53.7 Å². The zero-order valence-corrected chi connectivity index (χ0v) is 15.0. The van der Waals surface area contributed by atoms with Gasteiger partial charge in [-0.3, -0.25) is 4.90 Å². The molecular weight excluding hydrogens is 318 g/mol. The summed E-state index contributed by atoms with van der Waals surface area (Å²) in [5.41, 5.74) is 0.637. The molecule has 2 heterocycles. The van der Waals surface area contributed by atoms with Crippen LogP contribution in [0, 0.1) is 0 Å². The van der Waals surface area contributed by atoms with E-state index in [4.69, 9.17) is 9.15 Å². The fourth-order valence-corrected chi connectivity index (χ4v) is 2.82. The van der Waals surface area contributed by atoms with Gasteiger partial charge in [0.1, 0.15) is 17.4 Å². The minimum Gasteiger partial charge on any atom is -0.444 e. The lowest BCUT2D eigenvalue weighted by atomic mass is 10.1. The standard InChI is InChI=1S/C19H25N3O3/c1-19(2,3)25-18(23)22-10-9-20-13-16(22)17-21-12-15(24-17)11-14-7-5-4-6-8-14/h4-8,12,16,20H,9-11,13H2,1-3H3. The minimum absolute atomic E-state index is 0.256. The van der Waals surface area contributed by atoms with Gasteiger partial charge in [0.05, 0.1) is 6.20 Å². The van der Waals surface area contributed by atoms with Gasteiger partial charge in [-0.15, -0.1) is 0 Å². The lowest BCUT2D eigenvalue weighted by molar-refractivity contribution is 0.00853. The van der Waals surface area contributed by atoms with Crippen molar-refractivity contribution in [3.8, 4) is 0 Å². The van der Waals surface area contributed by atoms with E-state index >= 15 is 0 Å². The second-order valence-electron chi connectivity index (χ2n) is 7.22. The number of hydrogen-bond donors (Lipinski definition) is 1. The number of carbonyl (C=O) groups is 1. The van der Waals surface area contributed by atoms with Crippen LogP contribution in [-0.2, 0) is 11.2 Å². The zero-order chi connectivity index (χ0) is 17.9. The lowest BCUT2D eigenvalue weighted by Crippen LogP contribution is -2.50. The van der Waals surface area contributed by atoms with Gasteiger partial charge in [-0.1, -0.05) is 30.3 Å². The smallest absolute Gasteiger partial charge is 0.411 e. The van der Waals surface area contributed by atoms with Gasteiger partial charge in [0.15, 0.2) is 0 Å². The van der Waals surface area contributed by atoms with E-state index in [2.05, 4.69) is 22.4 Å². The predicted molar refractivity (Wildman–Crippen MR) is 94.3 cm³/mol. The molecule has 0 aliphatic carbocycles. The first kappa shape index (κ1) is 17.5. The molecule has 1 amide bonds. The maximum Gasteiger partial charge on any atom is 0.411 e. The fraction of sp³-hybridized carbons (Fsp3) is 0.474. The number of nitrogens with zero attached hydrogens (tertiary/aromatic N) is 2. The van der Waals surface area contributed by atoms with Crippen molar-refractivity contribution in [1.82, 2.24) is 15.2 Å². The van der Waals surface area contributed by atoms with E-state index in [0.29, 0.717) is 25.4 Å². The number of amides is 1. The normalized spacial score (nSPS) is 18.2. The average Bonchev–Trinajstić information content (AvgIpc) is 3.02. The maximum absolute atomic E-state index is 12.5. The highest BCUT2D eigenvalue weighted by atomic mass is 16.6. The number of ether oxygens (including phenoxy) is 1. The second-order valence-corrected chi connectivity index (χ2v) is 7.22. The lowest BCUT2D eigenvalue weighted by Gasteiger charge is -2.35. The fourth-order valence-electron chi connectivity index (χ4n) is 2.82. The Bertz CT molecular complexity index is 706. The van der Waals surface area contributed by atoms with Crippen molar-refractivity contribution in [2.24, 2.45) is 0 Å². The third-order valence-electron chi connectivity index (χ3n) is 3.95. The van der Waals surface area contributed by atoms with Crippen LogP contribution in [-0.4, -0.2) is 41.2 Å². The molecule has 6 nitrogen and oxygen atoms in total. The molecule has 1 aromatic heterocycles. The van der Waals surface area contributed by atoms with Gasteiger partial charge < -0.3 is 14.5 Å². The van der Waals surface area contributed by atoms with Crippen LogP contribution in [0.2, 0.25) is 0 Å². The molecule has 1 fully saturated rings. The van der Waals surface area contributed by atoms with Crippen LogP contribution < -0.4 is 5.32 Å². The Labute approximate surface area is 148 Å². The summed E-state index contributed by atoms with van der Waals surface area (Å²) in [6.07, 6.45) is 2.09. The summed E-state index contributed by atoms with van der Waals surface area (Å²) in [5, 5.41) is 3.29. The molecule has 0 spiro atoms. The van der Waals surface area contributed by atoms with E-state index < -0.39 is 5.60 Å². The molecule has 25 heavy (non-hydrogen) atoms. The van der Waals surface area contributed by atoms with Crippen molar-refractivity contribution in [1.29, 1.82) is 0 Å². The molecule has 0 bridgehead atoms. The van der Waals surface area contributed by atoms with Gasteiger partial charge in [0.2, 0.25) is 5.89 Å². The summed E-state index contributed by atoms with van der Waals surface area (Å²) < 4.78 is 11.5. The Kier molecular flexibility index (Phi) is 5.08. The molecule has 1 aliphatic heterocycles. The van der Waals surface area contributed by atoms with Crippen LogP contribution in [0.15, 0.2) is 40.9 Å². The molecule has 134 valence electrons. The molecule has 1 aromatic carbocycles. The number of rotatable bonds is 3. The Hall–Kier alpha value is -2.34. The highest BCUT2D eigenvalue weighted by Gasteiger charge is 2.34. The first-order valence-corrected chi connectivity index (χ1v) is 8.61. The number of piperazine rings is 1. The Morgan fingerprint density at radius 2 is 2.12 bits per heavy atom. The summed E-state index contributed by atoms with van der Waals surface area (Å²) in [7, 11) is 0. The van der Waals surface area contributed by atoms with Crippen molar-refractivity contribution in [2.75, 3.05) is 19.6 Å². The van der Waals surface area contributed by atoms with Gasteiger partial charge in [-0.05, 0) is 26.3 Å². The minimum atomic E-state index is -0.526. The van der Waals surface area contributed by atoms with Crippen LogP contribution in [0.5, 0.6) is 0 Å². The highest BCUT2D eigenvalue weighted by molar-refractivity contribution is 5.68. The van der Waals surface area contributed by atoms with E-state index in [1.54, 1.807) is 11.1 Å². The molecule has 1 saturated heterocycles. The van der Waals surface area contributed by atoms with Crippen LogP contribution in [0.4, 0.5) is 4.79 Å². The Morgan fingerprint density at radius 3 is 2.84 bits per heavy atom. The molecular formula is C19H25N3O3. The van der Waals surface area contributed by atoms with Crippen LogP contribution >= 0.6 is 0 Å². The molecule has 6 heteroatoms. The maximum atomic E-state index is 12.5. The molecule has 3 rings (SSSR count). The third-order valence-corrected chi connectivity index (χ3v) is 3.95. The van der Waals surface area contributed by atoms with Crippen LogP contribution in [0.25, 0.3) is 0 Å². The van der Waals surface area contributed by atoms with Crippen molar-refractivity contribution >= 4 is 6.09 Å². The SMILES string of the molecule is CC(C)(C)OC(=O)N1CCNCC1c1ncc(Cc2ccccc2)o1. The molecule has 1 unspecified atom stereocenters. The molecule has 1 aliphatic rings. The van der Waals surface area contributed by atoms with E-state index in [1.165, 1.54) is 0 Å². The summed E-state index contributed by atoms with van der Waals surface area (Å²) in [5.74, 6) is 1.33. The summed E-state index contributed by atoms with van der Waals surface area (Å²) in [6, 6.07) is 9.84. The second kappa shape index (κ2) is 7.27. The number of aromatic nitrogens is 1. The Morgan fingerprint density at radius 1 is 1.36 bits per heavy atom. The van der Waals surface area contributed by atoms with E-state index in [0.717, 1.165) is 17.9 Å². The summed E-state index contributed by atoms with van der Waals surface area (Å²) >= 11 is 0. The molecule has 0 radical (unpaired) electrons. The number of nitrogens with one attached hydrogen (secondary N) is 1. The average molecular weight is 343 g/mol. The van der Waals surface area contributed by atoms with Gasteiger partial charge in [0, 0.05) is 26.1 Å². The Balaban J connectivity index is 1.73. The molecule has 2 aromatic rings. The summed E-state index contributed by atoms with van der Waals surface area (Å²) in [4.78, 5) is 18.6. The van der Waals surface area contributed by atoms with E-state index in [1.807, 2.05) is 39.0 Å². The summed E-state index contributed by atoms with van der Waals surface area (Å²) in [6.45, 7) is 7.50. The molecule has 0 saturated carbocycles. The monoisotopic (exact) mass is 343 g/mol. The topological polar surface area (TPSA) is 67.6 Å².